The summed E-state index contributed by atoms with van der Waals surface area (Å²) in [7, 11) is 3.24. The van der Waals surface area contributed by atoms with Crippen LogP contribution in [0.2, 0.25) is 0 Å². The van der Waals surface area contributed by atoms with E-state index in [4.69, 9.17) is 34.2 Å². The number of fused-ring (bicyclic) bond motifs is 1. The maximum atomic E-state index is 13.1. The molecule has 4 rings (SSSR count). The van der Waals surface area contributed by atoms with Crippen LogP contribution >= 0.6 is 0 Å². The molecule has 52 heavy (non-hydrogen) atoms. The molecule has 4 amide bonds. The first kappa shape index (κ1) is 39.3. The topological polar surface area (TPSA) is 182 Å². The first-order chi connectivity index (χ1) is 25.3. The lowest BCUT2D eigenvalue weighted by Gasteiger charge is -2.22. The van der Waals surface area contributed by atoms with E-state index in [9.17, 15) is 24.0 Å². The van der Waals surface area contributed by atoms with Crippen molar-refractivity contribution in [2.75, 3.05) is 60.4 Å². The monoisotopic (exact) mass is 719 g/mol. The molecule has 1 atom stereocenters. The number of imide groups is 1. The molecule has 0 fully saturated rings. The fourth-order valence-electron chi connectivity index (χ4n) is 5.62. The Labute approximate surface area is 302 Å². The van der Waals surface area contributed by atoms with E-state index < -0.39 is 23.8 Å². The number of hydrogen-bond acceptors (Lipinski definition) is 11. The lowest BCUT2D eigenvalue weighted by Crippen LogP contribution is -2.47. The first-order valence-corrected chi connectivity index (χ1v) is 17.0. The third-order valence-electron chi connectivity index (χ3n) is 8.18. The van der Waals surface area contributed by atoms with Gasteiger partial charge in [0.1, 0.15) is 30.4 Å². The number of carbonyl (C=O) groups excluding carboxylic acids is 5. The molecular formula is C38H45N3O11. The SMILES string of the molecule is COc1ccc(CCCc2cccc(OCC(=O)NCCOCCOCCOc3cccc4c3C(=O)N(C(CCC=O)C(N)=O)C4=O)c2)cc1OC. The number of amides is 4. The summed E-state index contributed by atoms with van der Waals surface area (Å²) < 4.78 is 33.1. The molecule has 0 bridgehead atoms. The molecule has 0 saturated heterocycles. The van der Waals surface area contributed by atoms with Gasteiger partial charge in [0, 0.05) is 13.0 Å². The van der Waals surface area contributed by atoms with E-state index >= 15 is 0 Å². The number of aldehydes is 1. The molecule has 3 N–H and O–H groups in total. The smallest absolute Gasteiger partial charge is 0.266 e. The van der Waals surface area contributed by atoms with Gasteiger partial charge >= 0.3 is 0 Å². The predicted octanol–water partition coefficient (Wildman–Crippen LogP) is 2.92. The van der Waals surface area contributed by atoms with Crippen molar-refractivity contribution in [1.82, 2.24) is 10.2 Å². The van der Waals surface area contributed by atoms with E-state index in [1.807, 2.05) is 42.5 Å². The molecule has 1 unspecified atom stereocenters. The molecule has 3 aromatic rings. The number of aryl methyl sites for hydroxylation is 2. The molecule has 278 valence electrons. The van der Waals surface area contributed by atoms with Crippen LogP contribution in [0.25, 0.3) is 0 Å². The molecule has 0 aromatic heterocycles. The largest absolute Gasteiger partial charge is 0.493 e. The Kier molecular flexibility index (Phi) is 15.4. The van der Waals surface area contributed by atoms with Crippen LogP contribution in [0, 0.1) is 0 Å². The minimum Gasteiger partial charge on any atom is -0.493 e. The maximum absolute atomic E-state index is 13.1. The third kappa shape index (κ3) is 11.0. The number of primary amides is 1. The zero-order valence-electron chi connectivity index (χ0n) is 29.4. The Morgan fingerprint density at radius 1 is 0.808 bits per heavy atom. The van der Waals surface area contributed by atoms with Crippen LogP contribution in [0.1, 0.15) is 51.1 Å². The van der Waals surface area contributed by atoms with Crippen molar-refractivity contribution in [3.8, 4) is 23.0 Å². The Balaban J connectivity index is 1.06. The summed E-state index contributed by atoms with van der Waals surface area (Å²) in [5.41, 5.74) is 7.82. The van der Waals surface area contributed by atoms with Crippen molar-refractivity contribution in [3.63, 3.8) is 0 Å². The first-order valence-electron chi connectivity index (χ1n) is 17.0. The summed E-state index contributed by atoms with van der Waals surface area (Å²) in [4.78, 5) is 61.8. The number of hydrogen-bond donors (Lipinski definition) is 2. The summed E-state index contributed by atoms with van der Waals surface area (Å²) >= 11 is 0. The van der Waals surface area contributed by atoms with E-state index in [2.05, 4.69) is 5.32 Å². The minimum absolute atomic E-state index is 0.0312. The number of nitrogens with two attached hydrogens (primary N) is 1. The van der Waals surface area contributed by atoms with Gasteiger partial charge in [-0.3, -0.25) is 24.1 Å². The highest BCUT2D eigenvalue weighted by Gasteiger charge is 2.43. The highest BCUT2D eigenvalue weighted by atomic mass is 16.5. The number of ether oxygens (including phenoxy) is 6. The molecule has 0 spiro atoms. The van der Waals surface area contributed by atoms with Gasteiger partial charge in [0.25, 0.3) is 17.7 Å². The summed E-state index contributed by atoms with van der Waals surface area (Å²) in [6.45, 7) is 1.27. The fraction of sp³-hybridized carbons (Fsp3) is 0.395. The standard InChI is InChI=1S/C38H45N3O11/c1-47-31-15-14-27(24-33(31)48-2)8-3-7-26-9-4-10-28(23-26)52-25-34(43)40-16-18-49-19-20-50-21-22-51-32-13-5-11-29-35(32)38(46)41(37(29)45)30(36(39)44)12-6-17-42/h4-5,9-11,13-15,17,23-24,30H,3,6-8,12,16,18-22,25H2,1-2H3,(H2,39,44)(H,40,43). The second-order valence-corrected chi connectivity index (χ2v) is 11.7. The number of rotatable bonds is 24. The highest BCUT2D eigenvalue weighted by Crippen LogP contribution is 2.33. The zero-order valence-corrected chi connectivity index (χ0v) is 29.4. The molecule has 1 aliphatic rings. The van der Waals surface area contributed by atoms with Crippen molar-refractivity contribution in [2.45, 2.75) is 38.1 Å². The molecule has 0 aliphatic carbocycles. The van der Waals surface area contributed by atoms with E-state index in [1.54, 1.807) is 26.4 Å². The van der Waals surface area contributed by atoms with Gasteiger partial charge in [0.15, 0.2) is 18.1 Å². The van der Waals surface area contributed by atoms with Gasteiger partial charge in [-0.05, 0) is 73.2 Å². The Morgan fingerprint density at radius 2 is 1.52 bits per heavy atom. The number of methoxy groups -OCH3 is 2. The molecule has 1 aliphatic heterocycles. The average molecular weight is 720 g/mol. The summed E-state index contributed by atoms with van der Waals surface area (Å²) in [6.07, 6.45) is 3.18. The van der Waals surface area contributed by atoms with Crippen LogP contribution < -0.4 is 30.0 Å². The van der Waals surface area contributed by atoms with Crippen LogP contribution in [-0.4, -0.2) is 101 Å². The van der Waals surface area contributed by atoms with Gasteiger partial charge in [0.05, 0.1) is 51.8 Å². The van der Waals surface area contributed by atoms with Gasteiger partial charge in [-0.1, -0.05) is 24.3 Å². The van der Waals surface area contributed by atoms with E-state index in [0.717, 1.165) is 35.3 Å². The summed E-state index contributed by atoms with van der Waals surface area (Å²) in [6, 6.07) is 17.0. The van der Waals surface area contributed by atoms with Crippen LogP contribution in [0.15, 0.2) is 60.7 Å². The van der Waals surface area contributed by atoms with Crippen LogP contribution in [-0.2, 0) is 36.7 Å². The number of benzene rings is 3. The van der Waals surface area contributed by atoms with Crippen molar-refractivity contribution < 1.29 is 52.4 Å². The lowest BCUT2D eigenvalue weighted by molar-refractivity contribution is -0.123. The van der Waals surface area contributed by atoms with Crippen molar-refractivity contribution in [1.29, 1.82) is 0 Å². The van der Waals surface area contributed by atoms with Gasteiger partial charge in [-0.15, -0.1) is 0 Å². The Hall–Kier alpha value is -5.47. The summed E-state index contributed by atoms with van der Waals surface area (Å²) in [5, 5.41) is 2.76. The van der Waals surface area contributed by atoms with Gasteiger partial charge in [0.2, 0.25) is 5.91 Å². The van der Waals surface area contributed by atoms with Gasteiger partial charge < -0.3 is 44.3 Å². The Morgan fingerprint density at radius 3 is 2.25 bits per heavy atom. The molecule has 1 heterocycles. The average Bonchev–Trinajstić information content (AvgIpc) is 3.40. The van der Waals surface area contributed by atoms with Crippen LogP contribution in [0.3, 0.4) is 0 Å². The third-order valence-corrected chi connectivity index (χ3v) is 8.18. The number of nitrogens with one attached hydrogen (secondary N) is 1. The van der Waals surface area contributed by atoms with Crippen LogP contribution in [0.5, 0.6) is 23.0 Å². The zero-order chi connectivity index (χ0) is 37.3. The number of carbonyl (C=O) groups is 5. The predicted molar refractivity (Wildman–Crippen MR) is 189 cm³/mol. The Bertz CT molecular complexity index is 1700. The summed E-state index contributed by atoms with van der Waals surface area (Å²) in [5.74, 6) is -0.306. The molecule has 14 heteroatoms. The van der Waals surface area contributed by atoms with E-state index in [1.165, 1.54) is 6.07 Å². The quantitative estimate of drug-likeness (QED) is 0.0789. The lowest BCUT2D eigenvalue weighted by atomic mass is 10.0. The van der Waals surface area contributed by atoms with Crippen molar-refractivity contribution >= 4 is 29.9 Å². The molecule has 0 saturated carbocycles. The van der Waals surface area contributed by atoms with E-state index in [0.29, 0.717) is 30.1 Å². The van der Waals surface area contributed by atoms with Crippen molar-refractivity contribution in [3.05, 3.63) is 82.9 Å². The molecule has 3 aromatic carbocycles. The number of nitrogens with zero attached hydrogens (tertiary/aromatic N) is 1. The second kappa shape index (κ2) is 20.4. The van der Waals surface area contributed by atoms with Crippen molar-refractivity contribution in [2.24, 2.45) is 5.73 Å². The van der Waals surface area contributed by atoms with E-state index in [-0.39, 0.29) is 75.3 Å². The molecule has 14 nitrogen and oxygen atoms in total. The van der Waals surface area contributed by atoms with Gasteiger partial charge in [-0.2, -0.15) is 0 Å². The van der Waals surface area contributed by atoms with Gasteiger partial charge in [-0.25, -0.2) is 0 Å². The molecule has 0 radical (unpaired) electrons. The second-order valence-electron chi connectivity index (χ2n) is 11.7. The fourth-order valence-corrected chi connectivity index (χ4v) is 5.62. The normalized spacial score (nSPS) is 12.6. The van der Waals surface area contributed by atoms with Crippen LogP contribution in [0.4, 0.5) is 0 Å². The molecular weight excluding hydrogens is 674 g/mol. The maximum Gasteiger partial charge on any atom is 0.266 e. The minimum atomic E-state index is -1.24. The highest BCUT2D eigenvalue weighted by molar-refractivity contribution is 6.24.